The van der Waals surface area contributed by atoms with Crippen molar-refractivity contribution in [3.05, 3.63) is 56.8 Å². The molecule has 0 bridgehead atoms. The minimum atomic E-state index is -0.411. The van der Waals surface area contributed by atoms with Gasteiger partial charge in [0.2, 0.25) is 0 Å². The lowest BCUT2D eigenvalue weighted by Crippen LogP contribution is -2.19. The Balaban J connectivity index is 2.16. The predicted octanol–water partition coefficient (Wildman–Crippen LogP) is 4.41. The average molecular weight is 411 g/mol. The second-order valence-electron chi connectivity index (χ2n) is 5.41. The highest BCUT2D eigenvalue weighted by molar-refractivity contribution is 7.16. The Morgan fingerprint density at radius 1 is 1.19 bits per heavy atom. The topological polar surface area (TPSA) is 52.8 Å². The fourth-order valence-electron chi connectivity index (χ4n) is 2.57. The molecule has 0 saturated carbocycles. The minimum Gasteiger partial charge on any atom is -0.495 e. The summed E-state index contributed by atoms with van der Waals surface area (Å²) in [6, 6.07) is 10.4. The first-order chi connectivity index (χ1) is 12.5. The minimum absolute atomic E-state index is 0.338. The fraction of sp³-hybridized carbons (Fsp3) is 0.222. The van der Waals surface area contributed by atoms with Gasteiger partial charge in [-0.05, 0) is 30.3 Å². The lowest BCUT2D eigenvalue weighted by atomic mass is 10.2. The molecule has 0 atom stereocenters. The summed E-state index contributed by atoms with van der Waals surface area (Å²) >= 11 is 13.4. The first-order valence-corrected chi connectivity index (χ1v) is 9.31. The predicted molar refractivity (Wildman–Crippen MR) is 105 cm³/mol. The summed E-state index contributed by atoms with van der Waals surface area (Å²) in [7, 11) is 3.24. The highest BCUT2D eigenvalue weighted by Gasteiger charge is 2.13. The molecular formula is C18H16Cl2N2O3S. The number of ether oxygens (including phenoxy) is 2. The van der Waals surface area contributed by atoms with E-state index in [1.807, 2.05) is 22.8 Å². The molecule has 0 aliphatic heterocycles. The maximum absolute atomic E-state index is 12.6. The number of hydrogen-bond acceptors (Lipinski definition) is 4. The quantitative estimate of drug-likeness (QED) is 0.625. The van der Waals surface area contributed by atoms with Crippen LogP contribution in [0.3, 0.4) is 0 Å². The summed E-state index contributed by atoms with van der Waals surface area (Å²) in [4.78, 5) is 17.5. The lowest BCUT2D eigenvalue weighted by molar-refractivity contribution is 0.0997. The molecule has 26 heavy (non-hydrogen) atoms. The van der Waals surface area contributed by atoms with Gasteiger partial charge >= 0.3 is 0 Å². The van der Waals surface area contributed by atoms with Gasteiger partial charge in [-0.25, -0.2) is 0 Å². The van der Waals surface area contributed by atoms with Gasteiger partial charge in [-0.15, -0.1) is 0 Å². The second-order valence-corrected chi connectivity index (χ2v) is 7.29. The molecule has 5 nitrogen and oxygen atoms in total. The number of thiazole rings is 1. The van der Waals surface area contributed by atoms with Crippen LogP contribution in [-0.2, 0) is 11.3 Å². The molecule has 3 rings (SSSR count). The van der Waals surface area contributed by atoms with Crippen LogP contribution < -0.4 is 9.54 Å². The largest absolute Gasteiger partial charge is 0.495 e. The van der Waals surface area contributed by atoms with E-state index in [-0.39, 0.29) is 0 Å². The summed E-state index contributed by atoms with van der Waals surface area (Å²) < 4.78 is 13.6. The molecule has 0 aliphatic carbocycles. The van der Waals surface area contributed by atoms with Crippen molar-refractivity contribution >= 4 is 50.7 Å². The maximum Gasteiger partial charge on any atom is 0.279 e. The van der Waals surface area contributed by atoms with Crippen molar-refractivity contribution < 1.29 is 14.3 Å². The zero-order chi connectivity index (χ0) is 18.7. The van der Waals surface area contributed by atoms with Crippen molar-refractivity contribution in [3.8, 4) is 5.75 Å². The monoisotopic (exact) mass is 410 g/mol. The molecule has 3 aromatic rings. The van der Waals surface area contributed by atoms with Crippen molar-refractivity contribution in [1.82, 2.24) is 4.57 Å². The van der Waals surface area contributed by atoms with Crippen LogP contribution >= 0.6 is 34.5 Å². The van der Waals surface area contributed by atoms with E-state index in [4.69, 9.17) is 32.7 Å². The number of hydrogen-bond donors (Lipinski definition) is 0. The van der Waals surface area contributed by atoms with Crippen LogP contribution in [0, 0.1) is 0 Å². The Kier molecular flexibility index (Phi) is 5.98. The van der Waals surface area contributed by atoms with E-state index in [9.17, 15) is 4.79 Å². The molecule has 1 aromatic heterocycles. The van der Waals surface area contributed by atoms with Crippen molar-refractivity contribution in [1.29, 1.82) is 0 Å². The first-order valence-electron chi connectivity index (χ1n) is 7.74. The fourth-order valence-corrected chi connectivity index (χ4v) is 4.16. The number of nitrogens with zero attached hydrogens (tertiary/aromatic N) is 2. The molecule has 1 amide bonds. The van der Waals surface area contributed by atoms with Crippen LogP contribution in [0.25, 0.3) is 10.2 Å². The maximum atomic E-state index is 12.6. The Morgan fingerprint density at radius 2 is 1.92 bits per heavy atom. The van der Waals surface area contributed by atoms with Crippen LogP contribution in [0.5, 0.6) is 5.75 Å². The molecule has 0 radical (unpaired) electrons. The van der Waals surface area contributed by atoms with Gasteiger partial charge in [-0.1, -0.05) is 40.6 Å². The van der Waals surface area contributed by atoms with Gasteiger partial charge in [0.05, 0.1) is 18.4 Å². The second kappa shape index (κ2) is 8.22. The number of carbonyl (C=O) groups excluding carboxylic acids is 1. The summed E-state index contributed by atoms with van der Waals surface area (Å²) in [5.41, 5.74) is 1.22. The summed E-state index contributed by atoms with van der Waals surface area (Å²) in [6.45, 7) is 1.02. The molecule has 2 aromatic carbocycles. The van der Waals surface area contributed by atoms with Crippen LogP contribution in [0.2, 0.25) is 10.0 Å². The molecule has 0 N–H and O–H groups in total. The van der Waals surface area contributed by atoms with E-state index in [0.29, 0.717) is 33.6 Å². The Hall–Kier alpha value is -1.86. The molecule has 0 fully saturated rings. The molecule has 136 valence electrons. The van der Waals surface area contributed by atoms with Crippen LogP contribution in [0.4, 0.5) is 0 Å². The van der Waals surface area contributed by atoms with Gasteiger partial charge in [0, 0.05) is 29.3 Å². The summed E-state index contributed by atoms with van der Waals surface area (Å²) in [5.74, 6) is 0.306. The number of amides is 1. The summed E-state index contributed by atoms with van der Waals surface area (Å²) in [6.07, 6.45) is 0. The molecule has 0 aliphatic rings. The van der Waals surface area contributed by atoms with E-state index in [1.54, 1.807) is 32.4 Å². The van der Waals surface area contributed by atoms with E-state index < -0.39 is 5.91 Å². The third kappa shape index (κ3) is 3.94. The Bertz CT molecular complexity index is 1010. The van der Waals surface area contributed by atoms with Crippen LogP contribution in [-0.4, -0.2) is 31.3 Å². The van der Waals surface area contributed by atoms with E-state index in [1.165, 1.54) is 11.3 Å². The first kappa shape index (κ1) is 18.9. The molecule has 8 heteroatoms. The zero-order valence-corrected chi connectivity index (χ0v) is 16.5. The number of fused-ring (bicyclic) bond motifs is 1. The number of methoxy groups -OCH3 is 2. The van der Waals surface area contributed by atoms with Crippen LogP contribution in [0.1, 0.15) is 10.4 Å². The number of carbonyl (C=O) groups is 1. The van der Waals surface area contributed by atoms with Gasteiger partial charge in [0.1, 0.15) is 11.3 Å². The van der Waals surface area contributed by atoms with E-state index in [2.05, 4.69) is 4.99 Å². The smallest absolute Gasteiger partial charge is 0.279 e. The average Bonchev–Trinajstić information content (AvgIpc) is 2.96. The third-order valence-corrected chi connectivity index (χ3v) is 5.19. The number of aromatic nitrogens is 1. The SMILES string of the molecule is COCCn1c(=NC(=O)c2cc(Cl)cc(Cl)c2)sc2cccc(OC)c21. The third-order valence-electron chi connectivity index (χ3n) is 3.71. The lowest BCUT2D eigenvalue weighted by Gasteiger charge is -2.08. The molecule has 0 saturated heterocycles. The molecular weight excluding hydrogens is 395 g/mol. The number of benzene rings is 2. The molecule has 0 spiro atoms. The van der Waals surface area contributed by atoms with Crippen molar-refractivity contribution in [2.24, 2.45) is 4.99 Å². The van der Waals surface area contributed by atoms with Crippen molar-refractivity contribution in [2.45, 2.75) is 6.54 Å². The van der Waals surface area contributed by atoms with Gasteiger partial charge in [-0.2, -0.15) is 4.99 Å². The highest BCUT2D eigenvalue weighted by atomic mass is 35.5. The standard InChI is InChI=1S/C18H16Cl2N2O3S/c1-24-7-6-22-16-14(25-2)4-3-5-15(16)26-18(22)21-17(23)11-8-12(19)10-13(20)9-11/h3-5,8-10H,6-7H2,1-2H3. The van der Waals surface area contributed by atoms with Gasteiger partial charge in [-0.3, -0.25) is 4.79 Å². The normalized spacial score (nSPS) is 11.9. The summed E-state index contributed by atoms with van der Waals surface area (Å²) in [5, 5.41) is 0.780. The van der Waals surface area contributed by atoms with Crippen molar-refractivity contribution in [2.75, 3.05) is 20.8 Å². The van der Waals surface area contributed by atoms with Gasteiger partial charge in [0.25, 0.3) is 5.91 Å². The van der Waals surface area contributed by atoms with Crippen LogP contribution in [0.15, 0.2) is 41.4 Å². The Labute approximate surface area is 164 Å². The van der Waals surface area contributed by atoms with E-state index in [0.717, 1.165) is 16.0 Å². The molecule has 1 heterocycles. The molecule has 0 unspecified atom stereocenters. The number of para-hydroxylation sites is 1. The zero-order valence-electron chi connectivity index (χ0n) is 14.2. The Morgan fingerprint density at radius 3 is 2.58 bits per heavy atom. The van der Waals surface area contributed by atoms with E-state index >= 15 is 0 Å². The number of halogens is 2. The number of rotatable bonds is 5. The van der Waals surface area contributed by atoms with Gasteiger partial charge in [0.15, 0.2) is 4.80 Å². The van der Waals surface area contributed by atoms with Gasteiger partial charge < -0.3 is 14.0 Å². The highest BCUT2D eigenvalue weighted by Crippen LogP contribution is 2.27. The van der Waals surface area contributed by atoms with Crippen molar-refractivity contribution in [3.63, 3.8) is 0 Å².